The Balaban J connectivity index is 2.88. The molecular weight excluding hydrogens is 287 g/mol. The van der Waals surface area contributed by atoms with Crippen LogP contribution in [-0.2, 0) is 0 Å². The molecule has 0 spiro atoms. The van der Waals surface area contributed by atoms with Gasteiger partial charge in [0, 0.05) is 0 Å². The molecule has 0 unspecified atom stereocenters. The highest BCUT2D eigenvalue weighted by Gasteiger charge is 2.06. The van der Waals surface area contributed by atoms with Crippen molar-refractivity contribution in [2.75, 3.05) is 11.5 Å². The summed E-state index contributed by atoms with van der Waals surface area (Å²) in [6.07, 6.45) is 0. The van der Waals surface area contributed by atoms with Gasteiger partial charge in [-0.3, -0.25) is 0 Å². The van der Waals surface area contributed by atoms with Gasteiger partial charge in [-0.25, -0.2) is 4.98 Å². The predicted octanol–water partition coefficient (Wildman–Crippen LogP) is 1.46. The van der Waals surface area contributed by atoms with Gasteiger partial charge >= 0.3 is 0 Å². The van der Waals surface area contributed by atoms with Crippen molar-refractivity contribution >= 4 is 55.9 Å². The average molecular weight is 292 g/mol. The van der Waals surface area contributed by atoms with E-state index in [0.717, 1.165) is 13.1 Å². The Kier molecular flexibility index (Phi) is 1.80. The molecule has 6 heteroatoms. The number of fused-ring (bicyclic) bond motifs is 1. The summed E-state index contributed by atoms with van der Waals surface area (Å²) in [4.78, 5) is 7.92. The zero-order valence-electron chi connectivity index (χ0n) is 5.91. The highest BCUT2D eigenvalue weighted by molar-refractivity contribution is 14.1. The van der Waals surface area contributed by atoms with Crippen molar-refractivity contribution < 1.29 is 0 Å². The molecule has 0 saturated heterocycles. The number of aromatic nitrogens is 2. The van der Waals surface area contributed by atoms with E-state index in [-0.39, 0.29) is 5.95 Å². The lowest BCUT2D eigenvalue weighted by Crippen LogP contribution is -1.98. The number of thiophene rings is 1. The van der Waals surface area contributed by atoms with Crippen LogP contribution in [0.2, 0.25) is 0 Å². The van der Waals surface area contributed by atoms with E-state index in [2.05, 4.69) is 32.6 Å². The third kappa shape index (κ3) is 1.20. The Labute approximate surface area is 86.1 Å². The molecule has 2 aromatic rings. The van der Waals surface area contributed by atoms with Crippen LogP contribution in [0, 0.1) is 2.88 Å². The van der Waals surface area contributed by atoms with Crippen LogP contribution in [0.4, 0.5) is 11.8 Å². The van der Waals surface area contributed by atoms with Crippen LogP contribution in [0.25, 0.3) is 10.2 Å². The van der Waals surface area contributed by atoms with Crippen molar-refractivity contribution in [3.8, 4) is 0 Å². The third-order valence-electron chi connectivity index (χ3n) is 1.39. The van der Waals surface area contributed by atoms with Gasteiger partial charge in [0.25, 0.3) is 0 Å². The molecule has 2 aromatic heterocycles. The maximum Gasteiger partial charge on any atom is 0.222 e. The lowest BCUT2D eigenvalue weighted by Gasteiger charge is -1.94. The van der Waals surface area contributed by atoms with E-state index in [1.807, 2.05) is 6.07 Å². The van der Waals surface area contributed by atoms with E-state index < -0.39 is 0 Å². The van der Waals surface area contributed by atoms with Crippen molar-refractivity contribution in [2.45, 2.75) is 0 Å². The van der Waals surface area contributed by atoms with Gasteiger partial charge in [-0.05, 0) is 28.7 Å². The van der Waals surface area contributed by atoms with Crippen LogP contribution < -0.4 is 11.5 Å². The Morgan fingerprint density at radius 1 is 1.33 bits per heavy atom. The van der Waals surface area contributed by atoms with E-state index in [9.17, 15) is 0 Å². The second kappa shape index (κ2) is 2.70. The number of nitrogens with zero attached hydrogens (tertiary/aromatic N) is 2. The van der Waals surface area contributed by atoms with Gasteiger partial charge in [0.1, 0.15) is 5.82 Å². The molecular formula is C6H5IN4S. The summed E-state index contributed by atoms with van der Waals surface area (Å²) in [5, 5.41) is 0. The fraction of sp³-hybridized carbons (Fsp3) is 0. The molecule has 0 aliphatic rings. The summed E-state index contributed by atoms with van der Waals surface area (Å²) in [7, 11) is 0. The monoisotopic (exact) mass is 292 g/mol. The molecule has 4 N–H and O–H groups in total. The second-order valence-electron chi connectivity index (χ2n) is 2.23. The van der Waals surface area contributed by atoms with Crippen LogP contribution in [0.1, 0.15) is 0 Å². The number of halogens is 1. The first kappa shape index (κ1) is 7.99. The van der Waals surface area contributed by atoms with Gasteiger partial charge in [0.15, 0.2) is 0 Å². The minimum Gasteiger partial charge on any atom is -0.382 e. The highest BCUT2D eigenvalue weighted by Crippen LogP contribution is 2.29. The summed E-state index contributed by atoms with van der Waals surface area (Å²) in [5.74, 6) is 0.694. The molecule has 2 heterocycles. The molecule has 0 aliphatic carbocycles. The smallest absolute Gasteiger partial charge is 0.222 e. The number of hydrogen-bond donors (Lipinski definition) is 2. The van der Waals surface area contributed by atoms with Crippen LogP contribution in [0.15, 0.2) is 6.07 Å². The lowest BCUT2D eigenvalue weighted by atomic mass is 10.4. The first-order valence-corrected chi connectivity index (χ1v) is 5.04. The highest BCUT2D eigenvalue weighted by atomic mass is 127. The minimum atomic E-state index is 0.231. The Morgan fingerprint density at radius 3 is 2.83 bits per heavy atom. The van der Waals surface area contributed by atoms with Crippen molar-refractivity contribution in [3.05, 3.63) is 8.95 Å². The summed E-state index contributed by atoms with van der Waals surface area (Å²) in [6, 6.07) is 1.94. The molecule has 0 saturated carbocycles. The molecule has 0 radical (unpaired) electrons. The fourth-order valence-corrected chi connectivity index (χ4v) is 2.62. The van der Waals surface area contributed by atoms with Gasteiger partial charge in [0.05, 0.1) is 13.1 Å². The molecule has 0 aliphatic heterocycles. The lowest BCUT2D eigenvalue weighted by molar-refractivity contribution is 1.25. The first-order valence-electron chi connectivity index (χ1n) is 3.15. The van der Waals surface area contributed by atoms with Crippen LogP contribution in [-0.4, -0.2) is 9.97 Å². The SMILES string of the molecule is Nc1nc(N)c2sc(I)cc2n1. The topological polar surface area (TPSA) is 77.8 Å². The molecule has 0 amide bonds. The minimum absolute atomic E-state index is 0.231. The average Bonchev–Trinajstić information content (AvgIpc) is 2.29. The van der Waals surface area contributed by atoms with E-state index in [1.165, 1.54) is 0 Å². The first-order chi connectivity index (χ1) is 5.66. The molecule has 4 nitrogen and oxygen atoms in total. The number of nitrogens with two attached hydrogens (primary N) is 2. The Morgan fingerprint density at radius 2 is 2.08 bits per heavy atom. The van der Waals surface area contributed by atoms with Gasteiger partial charge in [-0.2, -0.15) is 4.98 Å². The van der Waals surface area contributed by atoms with Crippen LogP contribution in [0.3, 0.4) is 0 Å². The summed E-state index contributed by atoms with van der Waals surface area (Å²) in [5.41, 5.74) is 11.9. The van der Waals surface area contributed by atoms with Crippen molar-refractivity contribution in [1.82, 2.24) is 9.97 Å². The Bertz CT molecular complexity index is 438. The van der Waals surface area contributed by atoms with Gasteiger partial charge in [-0.1, -0.05) is 0 Å². The normalized spacial score (nSPS) is 10.8. The van der Waals surface area contributed by atoms with Crippen molar-refractivity contribution in [1.29, 1.82) is 0 Å². The standard InChI is InChI=1S/C6H5IN4S/c7-3-1-2-4(12-3)5(8)11-6(9)10-2/h1H,(H4,8,9,10,11). The maximum atomic E-state index is 5.65. The van der Waals surface area contributed by atoms with Crippen LogP contribution >= 0.6 is 33.9 Å². The van der Waals surface area contributed by atoms with Gasteiger partial charge in [0.2, 0.25) is 5.95 Å². The maximum absolute atomic E-state index is 5.65. The van der Waals surface area contributed by atoms with Crippen molar-refractivity contribution in [3.63, 3.8) is 0 Å². The zero-order valence-corrected chi connectivity index (χ0v) is 8.89. The fourth-order valence-electron chi connectivity index (χ4n) is 0.941. The summed E-state index contributed by atoms with van der Waals surface area (Å²) in [6.45, 7) is 0. The Hall–Kier alpha value is -0.630. The third-order valence-corrected chi connectivity index (χ3v) is 3.29. The summed E-state index contributed by atoms with van der Waals surface area (Å²) >= 11 is 3.78. The largest absolute Gasteiger partial charge is 0.382 e. The molecule has 62 valence electrons. The molecule has 0 fully saturated rings. The molecule has 0 aromatic carbocycles. The molecule has 2 rings (SSSR count). The number of rotatable bonds is 0. The van der Waals surface area contributed by atoms with Gasteiger partial charge < -0.3 is 11.5 Å². The number of hydrogen-bond acceptors (Lipinski definition) is 5. The number of anilines is 2. The van der Waals surface area contributed by atoms with Crippen molar-refractivity contribution in [2.24, 2.45) is 0 Å². The van der Waals surface area contributed by atoms with E-state index in [1.54, 1.807) is 11.3 Å². The van der Waals surface area contributed by atoms with E-state index in [4.69, 9.17) is 11.5 Å². The van der Waals surface area contributed by atoms with E-state index >= 15 is 0 Å². The summed E-state index contributed by atoms with van der Waals surface area (Å²) < 4.78 is 2.04. The van der Waals surface area contributed by atoms with E-state index in [0.29, 0.717) is 5.82 Å². The van der Waals surface area contributed by atoms with Crippen LogP contribution in [0.5, 0.6) is 0 Å². The molecule has 0 bridgehead atoms. The zero-order chi connectivity index (χ0) is 8.72. The molecule has 12 heavy (non-hydrogen) atoms. The van der Waals surface area contributed by atoms with Gasteiger partial charge in [-0.15, -0.1) is 11.3 Å². The second-order valence-corrected chi connectivity index (χ2v) is 5.18. The molecule has 0 atom stereocenters. The predicted molar refractivity (Wildman–Crippen MR) is 59.0 cm³/mol. The number of nitrogen functional groups attached to an aromatic ring is 2. The quantitative estimate of drug-likeness (QED) is 0.721.